The van der Waals surface area contributed by atoms with Gasteiger partial charge in [-0.1, -0.05) is 24.3 Å². The maximum Gasteiger partial charge on any atom is 0.416 e. The summed E-state index contributed by atoms with van der Waals surface area (Å²) in [6.45, 7) is 3.40. The largest absolute Gasteiger partial charge is 0.497 e. The first-order valence-corrected chi connectivity index (χ1v) is 12.8. The Kier molecular flexibility index (Phi) is 9.10. The number of halogens is 3. The van der Waals surface area contributed by atoms with Crippen molar-refractivity contribution in [2.75, 3.05) is 20.2 Å². The fraction of sp³-hybridized carbons (Fsp3) is 0.222. The van der Waals surface area contributed by atoms with Crippen molar-refractivity contribution in [3.63, 3.8) is 0 Å². The van der Waals surface area contributed by atoms with E-state index in [1.165, 1.54) is 35.1 Å². The van der Waals surface area contributed by atoms with Gasteiger partial charge in [-0.25, -0.2) is 14.5 Å². The number of rotatable bonds is 10. The maximum atomic E-state index is 12.8. The lowest BCUT2D eigenvalue weighted by Crippen LogP contribution is -2.38. The van der Waals surface area contributed by atoms with Crippen LogP contribution in [0.2, 0.25) is 0 Å². The molecule has 0 bridgehead atoms. The summed E-state index contributed by atoms with van der Waals surface area (Å²) in [5.74, 6) is 1.25. The third-order valence-corrected chi connectivity index (χ3v) is 6.72. The molecule has 0 aliphatic rings. The van der Waals surface area contributed by atoms with Gasteiger partial charge in [-0.15, -0.1) is 5.10 Å². The Morgan fingerprint density at radius 2 is 1.74 bits per heavy atom. The normalized spacial score (nSPS) is 11.3. The van der Waals surface area contributed by atoms with Crippen LogP contribution in [0.1, 0.15) is 16.7 Å². The van der Waals surface area contributed by atoms with Crippen LogP contribution >= 0.6 is 11.9 Å². The molecular weight excluding hydrogens is 529 g/mol. The molecule has 4 aromatic rings. The lowest BCUT2D eigenvalue weighted by Gasteiger charge is -2.10. The summed E-state index contributed by atoms with van der Waals surface area (Å²) in [6, 6.07) is 17.6. The van der Waals surface area contributed by atoms with Crippen LogP contribution in [-0.4, -0.2) is 41.0 Å². The van der Waals surface area contributed by atoms with Crippen molar-refractivity contribution in [2.45, 2.75) is 24.5 Å². The monoisotopic (exact) mass is 556 g/mol. The second kappa shape index (κ2) is 12.7. The molecule has 0 unspecified atom stereocenters. The molecule has 0 spiro atoms. The van der Waals surface area contributed by atoms with E-state index in [1.807, 2.05) is 49.4 Å². The maximum absolute atomic E-state index is 12.8. The van der Waals surface area contributed by atoms with Gasteiger partial charge in [0, 0.05) is 30.1 Å². The highest BCUT2D eigenvalue weighted by Crippen LogP contribution is 2.29. The van der Waals surface area contributed by atoms with E-state index in [1.54, 1.807) is 7.11 Å². The minimum atomic E-state index is -4.39. The van der Waals surface area contributed by atoms with Crippen LogP contribution in [0.25, 0.3) is 17.1 Å². The van der Waals surface area contributed by atoms with Gasteiger partial charge in [-0.2, -0.15) is 13.2 Å². The van der Waals surface area contributed by atoms with Crippen molar-refractivity contribution >= 4 is 18.0 Å². The van der Waals surface area contributed by atoms with Gasteiger partial charge >= 0.3 is 12.2 Å². The number of alkyl halides is 3. The fourth-order valence-corrected chi connectivity index (χ4v) is 4.27. The van der Waals surface area contributed by atoms with E-state index in [9.17, 15) is 18.0 Å². The van der Waals surface area contributed by atoms with Crippen LogP contribution in [0.5, 0.6) is 5.75 Å². The quantitative estimate of drug-likeness (QED) is 0.180. The molecule has 12 heteroatoms. The standard InChI is InChI=1S/C27H27F3N6O2S/c1-18-15-23(38-2)11-12-24(18)39-34-14-13-31-26(37)32-16-19-3-5-20(6-4-19)25-33-17-36(35-25)22-9-7-21(8-10-22)27(28,29)30/h3-12,15,17,34H,13-14,16H2,1-2H3,(H2,31,32,37). The highest BCUT2D eigenvalue weighted by molar-refractivity contribution is 7.97. The second-order valence-electron chi connectivity index (χ2n) is 8.49. The molecular formula is C27H27F3N6O2S. The van der Waals surface area contributed by atoms with Crippen molar-refractivity contribution in [3.8, 4) is 22.8 Å². The molecule has 8 nitrogen and oxygen atoms in total. The number of carbonyl (C=O) groups excluding carboxylic acids is 1. The Morgan fingerprint density at radius 3 is 2.41 bits per heavy atom. The van der Waals surface area contributed by atoms with Gasteiger partial charge in [0.2, 0.25) is 0 Å². The van der Waals surface area contributed by atoms with Crippen LogP contribution < -0.4 is 20.1 Å². The Morgan fingerprint density at radius 1 is 1.00 bits per heavy atom. The smallest absolute Gasteiger partial charge is 0.416 e. The van der Waals surface area contributed by atoms with Crippen LogP contribution in [0.3, 0.4) is 0 Å². The molecule has 4 rings (SSSR count). The first kappa shape index (κ1) is 28.0. The summed E-state index contributed by atoms with van der Waals surface area (Å²) in [6.07, 6.45) is -2.94. The van der Waals surface area contributed by atoms with Gasteiger partial charge in [0.15, 0.2) is 5.82 Å². The summed E-state index contributed by atoms with van der Waals surface area (Å²) in [7, 11) is 1.64. The van der Waals surface area contributed by atoms with Crippen LogP contribution in [0.15, 0.2) is 78.0 Å². The van der Waals surface area contributed by atoms with Gasteiger partial charge in [0.05, 0.1) is 18.4 Å². The van der Waals surface area contributed by atoms with Crippen molar-refractivity contribution in [3.05, 3.63) is 89.7 Å². The Hall–Kier alpha value is -4.03. The summed E-state index contributed by atoms with van der Waals surface area (Å²) < 4.78 is 48.2. The van der Waals surface area contributed by atoms with E-state index >= 15 is 0 Å². The number of aryl methyl sites for hydroxylation is 1. The molecule has 0 saturated heterocycles. The number of nitrogens with zero attached hydrogens (tertiary/aromatic N) is 3. The van der Waals surface area contributed by atoms with Gasteiger partial charge in [0.25, 0.3) is 0 Å². The highest BCUT2D eigenvalue weighted by Gasteiger charge is 2.30. The average Bonchev–Trinajstić information content (AvgIpc) is 3.43. The molecule has 0 atom stereocenters. The highest BCUT2D eigenvalue weighted by atomic mass is 32.2. The molecule has 39 heavy (non-hydrogen) atoms. The minimum Gasteiger partial charge on any atom is -0.497 e. The van der Waals surface area contributed by atoms with E-state index in [2.05, 4.69) is 25.4 Å². The molecule has 0 radical (unpaired) electrons. The van der Waals surface area contributed by atoms with Gasteiger partial charge in [-0.05, 0) is 72.5 Å². The van der Waals surface area contributed by atoms with Crippen LogP contribution in [0, 0.1) is 6.92 Å². The number of urea groups is 1. The van der Waals surface area contributed by atoms with Crippen molar-refractivity contribution in [2.24, 2.45) is 0 Å². The Labute approximate surface area is 228 Å². The minimum absolute atomic E-state index is 0.275. The first-order chi connectivity index (χ1) is 18.7. The number of hydrogen-bond donors (Lipinski definition) is 3. The van der Waals surface area contributed by atoms with Crippen LogP contribution in [0.4, 0.5) is 18.0 Å². The Bertz CT molecular complexity index is 1390. The molecule has 204 valence electrons. The zero-order valence-corrected chi connectivity index (χ0v) is 22.1. The average molecular weight is 557 g/mol. The molecule has 0 aliphatic carbocycles. The van der Waals surface area contributed by atoms with E-state index in [0.29, 0.717) is 31.1 Å². The number of benzene rings is 3. The third-order valence-electron chi connectivity index (χ3n) is 5.69. The summed E-state index contributed by atoms with van der Waals surface area (Å²) in [5, 5.41) is 9.98. The Balaban J connectivity index is 1.19. The molecule has 1 heterocycles. The fourth-order valence-electron chi connectivity index (χ4n) is 3.56. The predicted molar refractivity (Wildman–Crippen MR) is 144 cm³/mol. The van der Waals surface area contributed by atoms with E-state index < -0.39 is 11.7 Å². The summed E-state index contributed by atoms with van der Waals surface area (Å²) in [4.78, 5) is 17.5. The van der Waals surface area contributed by atoms with Crippen molar-refractivity contribution < 1.29 is 22.7 Å². The lowest BCUT2D eigenvalue weighted by atomic mass is 10.1. The summed E-state index contributed by atoms with van der Waals surface area (Å²) >= 11 is 1.50. The number of hydrogen-bond acceptors (Lipinski definition) is 6. The molecule has 3 N–H and O–H groups in total. The summed E-state index contributed by atoms with van der Waals surface area (Å²) in [5.41, 5.74) is 2.48. The van der Waals surface area contributed by atoms with Gasteiger partial charge in [0.1, 0.15) is 12.1 Å². The number of nitrogens with one attached hydrogen (secondary N) is 3. The SMILES string of the molecule is COc1ccc(SNCCNC(=O)NCc2ccc(-c3ncn(-c4ccc(C(F)(F)F)cc4)n3)cc2)c(C)c1. The zero-order chi connectivity index (χ0) is 27.8. The van der Waals surface area contributed by atoms with E-state index in [-0.39, 0.29) is 6.03 Å². The lowest BCUT2D eigenvalue weighted by molar-refractivity contribution is -0.137. The third kappa shape index (κ3) is 7.74. The van der Waals surface area contributed by atoms with Gasteiger partial charge in [-0.3, -0.25) is 4.72 Å². The number of methoxy groups -OCH3 is 1. The number of ether oxygens (including phenoxy) is 1. The first-order valence-electron chi connectivity index (χ1n) is 12.0. The van der Waals surface area contributed by atoms with E-state index in [0.717, 1.165) is 39.5 Å². The number of carbonyl (C=O) groups is 1. The molecule has 2 amide bonds. The second-order valence-corrected chi connectivity index (χ2v) is 9.42. The van der Waals surface area contributed by atoms with E-state index in [4.69, 9.17) is 4.74 Å². The molecule has 0 saturated carbocycles. The molecule has 1 aromatic heterocycles. The van der Waals surface area contributed by atoms with Crippen molar-refractivity contribution in [1.82, 2.24) is 30.1 Å². The molecule has 0 aliphatic heterocycles. The van der Waals surface area contributed by atoms with Crippen LogP contribution in [-0.2, 0) is 12.7 Å². The van der Waals surface area contributed by atoms with Crippen molar-refractivity contribution in [1.29, 1.82) is 0 Å². The number of aromatic nitrogens is 3. The topological polar surface area (TPSA) is 93.1 Å². The van der Waals surface area contributed by atoms with Gasteiger partial charge < -0.3 is 15.4 Å². The zero-order valence-electron chi connectivity index (χ0n) is 21.2. The predicted octanol–water partition coefficient (Wildman–Crippen LogP) is 5.37. The molecule has 0 fully saturated rings. The molecule has 3 aromatic carbocycles. The number of amides is 2.